The second kappa shape index (κ2) is 4.45. The van der Waals surface area contributed by atoms with Crippen LogP contribution in [-0.4, -0.2) is 29.8 Å². The summed E-state index contributed by atoms with van der Waals surface area (Å²) >= 11 is 0. The van der Waals surface area contributed by atoms with E-state index in [2.05, 4.69) is 0 Å². The third-order valence-electron chi connectivity index (χ3n) is 3.43. The van der Waals surface area contributed by atoms with Crippen LogP contribution >= 0.6 is 0 Å². The second-order valence-corrected chi connectivity index (χ2v) is 4.87. The molecule has 6 heteroatoms. The van der Waals surface area contributed by atoms with Crippen molar-refractivity contribution in [2.75, 3.05) is 13.1 Å². The Balaban J connectivity index is 2.10. The maximum absolute atomic E-state index is 12.1. The highest BCUT2D eigenvalue weighted by molar-refractivity contribution is 5.93. The molecular weight excluding hydrogens is 234 g/mol. The quantitative estimate of drug-likeness (QED) is 0.793. The van der Waals surface area contributed by atoms with Gasteiger partial charge in [-0.2, -0.15) is 0 Å². The van der Waals surface area contributed by atoms with Crippen molar-refractivity contribution in [2.45, 2.75) is 19.9 Å². The third-order valence-corrected chi connectivity index (χ3v) is 3.43. The van der Waals surface area contributed by atoms with Crippen LogP contribution < -0.4 is 11.5 Å². The van der Waals surface area contributed by atoms with Gasteiger partial charge in [-0.3, -0.25) is 9.59 Å². The number of hydrogen-bond acceptors (Lipinski definition) is 4. The Bertz CT molecular complexity index is 483. The fourth-order valence-electron chi connectivity index (χ4n) is 2.09. The van der Waals surface area contributed by atoms with E-state index in [1.165, 1.54) is 0 Å². The topological polar surface area (TPSA) is 103 Å². The molecule has 1 saturated heterocycles. The lowest BCUT2D eigenvalue weighted by Crippen LogP contribution is -2.38. The number of carbonyl (C=O) groups is 2. The van der Waals surface area contributed by atoms with E-state index < -0.39 is 5.41 Å². The zero-order valence-electron chi connectivity index (χ0n) is 10.3. The molecule has 2 amide bonds. The summed E-state index contributed by atoms with van der Waals surface area (Å²) in [6, 6.07) is 3.28. The first-order valence-corrected chi connectivity index (χ1v) is 5.84. The van der Waals surface area contributed by atoms with Crippen LogP contribution in [0.25, 0.3) is 0 Å². The molecule has 0 aromatic carbocycles. The summed E-state index contributed by atoms with van der Waals surface area (Å²) in [4.78, 5) is 25.0. The van der Waals surface area contributed by atoms with E-state index in [9.17, 15) is 9.59 Å². The van der Waals surface area contributed by atoms with Gasteiger partial charge >= 0.3 is 0 Å². The molecule has 1 aliphatic heterocycles. The van der Waals surface area contributed by atoms with Gasteiger partial charge in [-0.25, -0.2) is 0 Å². The van der Waals surface area contributed by atoms with Crippen LogP contribution in [0.5, 0.6) is 0 Å². The van der Waals surface area contributed by atoms with Crippen molar-refractivity contribution >= 4 is 11.8 Å². The van der Waals surface area contributed by atoms with Gasteiger partial charge in [0.25, 0.3) is 5.91 Å². The Morgan fingerprint density at radius 3 is 2.72 bits per heavy atom. The maximum Gasteiger partial charge on any atom is 0.289 e. The molecule has 1 unspecified atom stereocenters. The minimum Gasteiger partial charge on any atom is -0.455 e. The molecule has 0 spiro atoms. The van der Waals surface area contributed by atoms with Crippen molar-refractivity contribution in [2.24, 2.45) is 16.9 Å². The molecule has 0 aliphatic carbocycles. The smallest absolute Gasteiger partial charge is 0.289 e. The first kappa shape index (κ1) is 12.6. The Hall–Kier alpha value is -1.82. The fraction of sp³-hybridized carbons (Fsp3) is 0.500. The lowest BCUT2D eigenvalue weighted by atomic mass is 9.89. The lowest BCUT2D eigenvalue weighted by Gasteiger charge is -2.20. The van der Waals surface area contributed by atoms with Crippen molar-refractivity contribution < 1.29 is 14.0 Å². The zero-order valence-corrected chi connectivity index (χ0v) is 10.3. The predicted octanol–water partition coefficient (Wildman–Crippen LogP) is 0.0758. The van der Waals surface area contributed by atoms with Gasteiger partial charge < -0.3 is 20.8 Å². The highest BCUT2D eigenvalue weighted by Crippen LogP contribution is 2.30. The van der Waals surface area contributed by atoms with Crippen molar-refractivity contribution in [3.8, 4) is 0 Å². The number of primary amides is 1. The zero-order chi connectivity index (χ0) is 13.3. The van der Waals surface area contributed by atoms with Gasteiger partial charge in [0.2, 0.25) is 5.91 Å². The van der Waals surface area contributed by atoms with E-state index >= 15 is 0 Å². The first-order chi connectivity index (χ1) is 8.46. The standard InChI is InChI=1S/C12H17N3O3/c1-12(11(14)17)4-5-15(7-12)10(16)9-3-2-8(6-13)18-9/h2-3H,4-7,13H2,1H3,(H2,14,17). The van der Waals surface area contributed by atoms with Crippen LogP contribution in [0.4, 0.5) is 0 Å². The summed E-state index contributed by atoms with van der Waals surface area (Å²) in [5.74, 6) is 0.221. The number of hydrogen-bond donors (Lipinski definition) is 2. The van der Waals surface area contributed by atoms with E-state index in [-0.39, 0.29) is 24.1 Å². The van der Waals surface area contributed by atoms with Gasteiger partial charge in [0, 0.05) is 13.1 Å². The number of nitrogens with zero attached hydrogens (tertiary/aromatic N) is 1. The molecule has 1 aromatic heterocycles. The van der Waals surface area contributed by atoms with Crippen molar-refractivity contribution in [1.29, 1.82) is 0 Å². The largest absolute Gasteiger partial charge is 0.455 e. The van der Waals surface area contributed by atoms with Crippen LogP contribution in [-0.2, 0) is 11.3 Å². The summed E-state index contributed by atoms with van der Waals surface area (Å²) in [6.07, 6.45) is 0.582. The Morgan fingerprint density at radius 2 is 2.22 bits per heavy atom. The monoisotopic (exact) mass is 251 g/mol. The predicted molar refractivity (Wildman–Crippen MR) is 64.4 cm³/mol. The fourth-order valence-corrected chi connectivity index (χ4v) is 2.09. The molecule has 1 aliphatic rings. The van der Waals surface area contributed by atoms with E-state index in [1.54, 1.807) is 24.0 Å². The minimum atomic E-state index is -0.640. The highest BCUT2D eigenvalue weighted by atomic mass is 16.4. The number of likely N-dealkylation sites (tertiary alicyclic amines) is 1. The number of nitrogens with two attached hydrogens (primary N) is 2. The van der Waals surface area contributed by atoms with Gasteiger partial charge in [-0.1, -0.05) is 0 Å². The van der Waals surface area contributed by atoms with Crippen LogP contribution in [0.2, 0.25) is 0 Å². The summed E-state index contributed by atoms with van der Waals surface area (Å²) < 4.78 is 5.30. The van der Waals surface area contributed by atoms with Gasteiger partial charge in [-0.15, -0.1) is 0 Å². The SMILES string of the molecule is CC1(C(N)=O)CCN(C(=O)c2ccc(CN)o2)C1. The molecule has 1 aromatic rings. The van der Waals surface area contributed by atoms with Crippen molar-refractivity contribution in [1.82, 2.24) is 4.90 Å². The summed E-state index contributed by atoms with van der Waals surface area (Å²) in [5, 5.41) is 0. The van der Waals surface area contributed by atoms with Crippen LogP contribution in [0.1, 0.15) is 29.7 Å². The summed E-state index contributed by atoms with van der Waals surface area (Å²) in [6.45, 7) is 2.87. The van der Waals surface area contributed by atoms with Crippen LogP contribution in [0, 0.1) is 5.41 Å². The number of carbonyl (C=O) groups excluding carboxylic acids is 2. The van der Waals surface area contributed by atoms with Gasteiger partial charge in [0.1, 0.15) is 5.76 Å². The maximum atomic E-state index is 12.1. The third kappa shape index (κ3) is 2.11. The number of furan rings is 1. The first-order valence-electron chi connectivity index (χ1n) is 5.84. The van der Waals surface area contributed by atoms with Crippen molar-refractivity contribution in [3.63, 3.8) is 0 Å². The normalized spacial score (nSPS) is 23.3. The minimum absolute atomic E-state index is 0.223. The number of amides is 2. The van der Waals surface area contributed by atoms with E-state index in [4.69, 9.17) is 15.9 Å². The lowest BCUT2D eigenvalue weighted by molar-refractivity contribution is -0.126. The highest BCUT2D eigenvalue weighted by Gasteiger charge is 2.41. The molecule has 0 saturated carbocycles. The van der Waals surface area contributed by atoms with Crippen LogP contribution in [0.15, 0.2) is 16.5 Å². The van der Waals surface area contributed by atoms with Crippen molar-refractivity contribution in [3.05, 3.63) is 23.7 Å². The average molecular weight is 251 g/mol. The molecule has 6 nitrogen and oxygen atoms in total. The summed E-state index contributed by atoms with van der Waals surface area (Å²) in [7, 11) is 0. The van der Waals surface area contributed by atoms with Gasteiger partial charge in [0.05, 0.1) is 12.0 Å². The van der Waals surface area contributed by atoms with Crippen LogP contribution in [0.3, 0.4) is 0 Å². The molecule has 1 atom stereocenters. The van der Waals surface area contributed by atoms with E-state index in [0.717, 1.165) is 0 Å². The molecule has 1 fully saturated rings. The molecule has 18 heavy (non-hydrogen) atoms. The molecule has 98 valence electrons. The molecule has 2 heterocycles. The summed E-state index contributed by atoms with van der Waals surface area (Å²) in [5.41, 5.74) is 10.1. The van der Waals surface area contributed by atoms with E-state index in [0.29, 0.717) is 25.3 Å². The van der Waals surface area contributed by atoms with E-state index in [1.807, 2.05) is 0 Å². The Kier molecular flexibility index (Phi) is 3.13. The molecule has 4 N–H and O–H groups in total. The average Bonchev–Trinajstić information content (AvgIpc) is 2.95. The molecular formula is C12H17N3O3. The van der Waals surface area contributed by atoms with Gasteiger partial charge in [0.15, 0.2) is 5.76 Å². The molecule has 2 rings (SSSR count). The Labute approximate surface area is 105 Å². The van der Waals surface area contributed by atoms with Gasteiger partial charge in [-0.05, 0) is 25.5 Å². The molecule has 0 bridgehead atoms. The number of rotatable bonds is 3. The second-order valence-electron chi connectivity index (χ2n) is 4.87. The Morgan fingerprint density at radius 1 is 1.50 bits per heavy atom. The molecule has 0 radical (unpaired) electrons.